The minimum absolute atomic E-state index is 0.391. The van der Waals surface area contributed by atoms with E-state index in [0.29, 0.717) is 23.3 Å². The summed E-state index contributed by atoms with van der Waals surface area (Å²) in [5, 5.41) is 3.39. The van der Waals surface area contributed by atoms with Gasteiger partial charge in [-0.15, -0.1) is 0 Å². The molecule has 1 aliphatic heterocycles. The van der Waals surface area contributed by atoms with Crippen molar-refractivity contribution in [2.75, 3.05) is 38.3 Å². The van der Waals surface area contributed by atoms with Crippen LogP contribution < -0.4 is 5.32 Å². The molecule has 2 rings (SSSR count). The molecule has 100 valence electrons. The second-order valence-electron chi connectivity index (χ2n) is 5.36. The summed E-state index contributed by atoms with van der Waals surface area (Å²) >= 11 is 0. The highest BCUT2D eigenvalue weighted by atomic mass is 32.2. The van der Waals surface area contributed by atoms with Crippen LogP contribution in [0.2, 0.25) is 0 Å². The molecule has 5 heteroatoms. The minimum atomic E-state index is -2.73. The van der Waals surface area contributed by atoms with Crippen molar-refractivity contribution in [2.24, 2.45) is 17.8 Å². The van der Waals surface area contributed by atoms with Crippen LogP contribution in [0.1, 0.15) is 19.3 Å². The molecule has 2 aliphatic rings. The average Bonchev–Trinajstić information content (AvgIpc) is 3.03. The van der Waals surface area contributed by atoms with Gasteiger partial charge in [0.1, 0.15) is 0 Å². The molecule has 0 aromatic heterocycles. The first kappa shape index (κ1) is 13.3. The lowest BCUT2D eigenvalue weighted by Crippen LogP contribution is -2.32. The van der Waals surface area contributed by atoms with E-state index in [-0.39, 0.29) is 0 Å². The number of ether oxygens (including phenoxy) is 1. The second kappa shape index (κ2) is 5.67. The third-order valence-electron chi connectivity index (χ3n) is 3.96. The number of rotatable bonds is 7. The summed E-state index contributed by atoms with van der Waals surface area (Å²) in [7, 11) is -1.04. The number of hydrogen-bond donors (Lipinski definition) is 1. The Morgan fingerprint density at radius 2 is 2.06 bits per heavy atom. The summed E-state index contributed by atoms with van der Waals surface area (Å²) in [4.78, 5) is 0. The van der Waals surface area contributed by atoms with Gasteiger partial charge in [0.25, 0.3) is 0 Å². The summed E-state index contributed by atoms with van der Waals surface area (Å²) in [6.45, 7) is 2.54. The van der Waals surface area contributed by atoms with E-state index in [0.717, 1.165) is 32.0 Å². The molecular formula is C12H23NO3S. The summed E-state index contributed by atoms with van der Waals surface area (Å²) in [6.07, 6.45) is 3.44. The predicted octanol–water partition coefficient (Wildman–Crippen LogP) is 0.683. The standard InChI is InChI=1S/C12H23NO3S/c1-16-6-5-13-8-12(10-2-3-10)11-4-7-17(14,15)9-11/h10-13H,2-9H2,1H3. The van der Waals surface area contributed by atoms with Crippen LogP contribution in [0.3, 0.4) is 0 Å². The van der Waals surface area contributed by atoms with Gasteiger partial charge in [-0.1, -0.05) is 0 Å². The van der Waals surface area contributed by atoms with Crippen molar-refractivity contribution in [1.82, 2.24) is 5.32 Å². The van der Waals surface area contributed by atoms with Crippen LogP contribution in [0, 0.1) is 17.8 Å². The van der Waals surface area contributed by atoms with Gasteiger partial charge in [-0.2, -0.15) is 0 Å². The highest BCUT2D eigenvalue weighted by molar-refractivity contribution is 7.91. The number of hydrogen-bond acceptors (Lipinski definition) is 4. The molecule has 1 heterocycles. The Labute approximate surface area is 104 Å². The SMILES string of the molecule is COCCNCC(C1CC1)C1CCS(=O)(=O)C1. The first-order chi connectivity index (χ1) is 8.12. The van der Waals surface area contributed by atoms with Gasteiger partial charge in [-0.25, -0.2) is 8.42 Å². The Hall–Kier alpha value is -0.130. The molecule has 2 atom stereocenters. The molecule has 0 amide bonds. The molecule has 1 N–H and O–H groups in total. The summed E-state index contributed by atoms with van der Waals surface area (Å²) in [6, 6.07) is 0. The third-order valence-corrected chi connectivity index (χ3v) is 5.76. The highest BCUT2D eigenvalue weighted by Gasteiger charge is 2.40. The van der Waals surface area contributed by atoms with Crippen LogP contribution in [-0.4, -0.2) is 46.7 Å². The van der Waals surface area contributed by atoms with Gasteiger partial charge in [-0.05, 0) is 43.6 Å². The van der Waals surface area contributed by atoms with E-state index in [1.54, 1.807) is 7.11 Å². The average molecular weight is 261 g/mol. The Bertz CT molecular complexity index is 338. The van der Waals surface area contributed by atoms with Crippen molar-refractivity contribution in [3.05, 3.63) is 0 Å². The lowest BCUT2D eigenvalue weighted by Gasteiger charge is -2.22. The zero-order valence-corrected chi connectivity index (χ0v) is 11.3. The summed E-state index contributed by atoms with van der Waals surface area (Å²) in [5.74, 6) is 2.54. The fourth-order valence-corrected chi connectivity index (χ4v) is 4.74. The second-order valence-corrected chi connectivity index (χ2v) is 7.59. The fourth-order valence-electron chi connectivity index (χ4n) is 2.85. The topological polar surface area (TPSA) is 55.4 Å². The van der Waals surface area contributed by atoms with Crippen molar-refractivity contribution < 1.29 is 13.2 Å². The fraction of sp³-hybridized carbons (Fsp3) is 1.00. The first-order valence-electron chi connectivity index (χ1n) is 6.52. The minimum Gasteiger partial charge on any atom is -0.383 e. The maximum atomic E-state index is 11.5. The Morgan fingerprint density at radius 3 is 2.59 bits per heavy atom. The van der Waals surface area contributed by atoms with Crippen LogP contribution in [-0.2, 0) is 14.6 Å². The van der Waals surface area contributed by atoms with Gasteiger partial charge in [0.2, 0.25) is 0 Å². The van der Waals surface area contributed by atoms with E-state index in [2.05, 4.69) is 5.32 Å². The Balaban J connectivity index is 1.81. The predicted molar refractivity (Wildman–Crippen MR) is 67.7 cm³/mol. The molecule has 0 spiro atoms. The zero-order chi connectivity index (χ0) is 12.3. The molecule has 1 aliphatic carbocycles. The molecule has 0 aromatic carbocycles. The van der Waals surface area contributed by atoms with E-state index < -0.39 is 9.84 Å². The van der Waals surface area contributed by atoms with Gasteiger partial charge in [0.05, 0.1) is 18.1 Å². The molecule has 17 heavy (non-hydrogen) atoms. The molecule has 0 aromatic rings. The zero-order valence-electron chi connectivity index (χ0n) is 10.5. The smallest absolute Gasteiger partial charge is 0.150 e. The number of sulfone groups is 1. The molecular weight excluding hydrogens is 238 g/mol. The lowest BCUT2D eigenvalue weighted by molar-refractivity contribution is 0.194. The molecule has 4 nitrogen and oxygen atoms in total. The number of nitrogens with one attached hydrogen (secondary N) is 1. The van der Waals surface area contributed by atoms with E-state index in [4.69, 9.17) is 4.74 Å². The number of methoxy groups -OCH3 is 1. The third kappa shape index (κ3) is 3.93. The highest BCUT2D eigenvalue weighted by Crippen LogP contribution is 2.43. The van der Waals surface area contributed by atoms with Crippen LogP contribution >= 0.6 is 0 Å². The normalized spacial score (nSPS) is 29.4. The summed E-state index contributed by atoms with van der Waals surface area (Å²) in [5.41, 5.74) is 0. The molecule has 0 bridgehead atoms. The maximum Gasteiger partial charge on any atom is 0.150 e. The first-order valence-corrected chi connectivity index (χ1v) is 8.34. The van der Waals surface area contributed by atoms with Gasteiger partial charge in [-0.3, -0.25) is 0 Å². The van der Waals surface area contributed by atoms with Gasteiger partial charge >= 0.3 is 0 Å². The molecule has 0 radical (unpaired) electrons. The monoisotopic (exact) mass is 261 g/mol. The van der Waals surface area contributed by atoms with Crippen LogP contribution in [0.4, 0.5) is 0 Å². The molecule has 2 fully saturated rings. The van der Waals surface area contributed by atoms with E-state index in [1.807, 2.05) is 0 Å². The van der Waals surface area contributed by atoms with Crippen molar-refractivity contribution in [1.29, 1.82) is 0 Å². The Kier molecular flexibility index (Phi) is 4.44. The molecule has 1 saturated heterocycles. The van der Waals surface area contributed by atoms with E-state index in [9.17, 15) is 8.42 Å². The van der Waals surface area contributed by atoms with Crippen molar-refractivity contribution in [2.45, 2.75) is 19.3 Å². The van der Waals surface area contributed by atoms with Gasteiger partial charge < -0.3 is 10.1 Å². The lowest BCUT2D eigenvalue weighted by atomic mass is 9.87. The van der Waals surface area contributed by atoms with Gasteiger partial charge in [0, 0.05) is 13.7 Å². The van der Waals surface area contributed by atoms with Crippen molar-refractivity contribution in [3.8, 4) is 0 Å². The quantitative estimate of drug-likeness (QED) is 0.685. The molecule has 2 unspecified atom stereocenters. The van der Waals surface area contributed by atoms with Crippen molar-refractivity contribution >= 4 is 9.84 Å². The molecule has 1 saturated carbocycles. The van der Waals surface area contributed by atoms with Crippen LogP contribution in [0.15, 0.2) is 0 Å². The van der Waals surface area contributed by atoms with Crippen LogP contribution in [0.5, 0.6) is 0 Å². The van der Waals surface area contributed by atoms with E-state index >= 15 is 0 Å². The van der Waals surface area contributed by atoms with Crippen LogP contribution in [0.25, 0.3) is 0 Å². The summed E-state index contributed by atoms with van der Waals surface area (Å²) < 4.78 is 28.0. The Morgan fingerprint density at radius 1 is 1.29 bits per heavy atom. The van der Waals surface area contributed by atoms with Crippen molar-refractivity contribution in [3.63, 3.8) is 0 Å². The maximum absolute atomic E-state index is 11.5. The van der Waals surface area contributed by atoms with E-state index in [1.165, 1.54) is 12.8 Å². The largest absolute Gasteiger partial charge is 0.383 e. The van der Waals surface area contributed by atoms with Gasteiger partial charge in [0.15, 0.2) is 9.84 Å².